The summed E-state index contributed by atoms with van der Waals surface area (Å²) in [7, 11) is 0. The lowest BCUT2D eigenvalue weighted by Gasteiger charge is -2.40. The van der Waals surface area contributed by atoms with Gasteiger partial charge in [-0.15, -0.1) is 0 Å². The van der Waals surface area contributed by atoms with Gasteiger partial charge in [0.15, 0.2) is 5.58 Å². The third kappa shape index (κ3) is 2.63. The minimum Gasteiger partial charge on any atom is -0.423 e. The highest BCUT2D eigenvalue weighted by atomic mass is 16.5. The van der Waals surface area contributed by atoms with Crippen molar-refractivity contribution in [3.05, 3.63) is 24.3 Å². The van der Waals surface area contributed by atoms with Crippen LogP contribution in [-0.4, -0.2) is 55.3 Å². The molecule has 3 heterocycles. The number of ether oxygens (including phenoxy) is 1. The molecule has 0 amide bonds. The van der Waals surface area contributed by atoms with Crippen LogP contribution in [0, 0.1) is 0 Å². The molecule has 2 aliphatic rings. The van der Waals surface area contributed by atoms with Crippen LogP contribution in [0.25, 0.3) is 11.1 Å². The number of hydrogen-bond acceptors (Lipinski definition) is 5. The van der Waals surface area contributed by atoms with Gasteiger partial charge >= 0.3 is 0 Å². The first kappa shape index (κ1) is 13.1. The van der Waals surface area contributed by atoms with Gasteiger partial charge in [-0.25, -0.2) is 0 Å². The predicted molar refractivity (Wildman–Crippen MR) is 81.6 cm³/mol. The smallest absolute Gasteiger partial charge is 0.298 e. The molecular formula is C16H21N3O2. The Balaban J connectivity index is 1.51. The van der Waals surface area contributed by atoms with Gasteiger partial charge in [-0.3, -0.25) is 4.90 Å². The first-order valence-electron chi connectivity index (χ1n) is 7.82. The van der Waals surface area contributed by atoms with E-state index in [9.17, 15) is 0 Å². The fourth-order valence-corrected chi connectivity index (χ4v) is 3.36. The molecule has 1 aromatic carbocycles. The average Bonchev–Trinajstić information content (AvgIpc) is 3.00. The number of benzene rings is 1. The third-order valence-corrected chi connectivity index (χ3v) is 4.51. The van der Waals surface area contributed by atoms with Gasteiger partial charge in [-0.2, -0.15) is 4.98 Å². The van der Waals surface area contributed by atoms with Gasteiger partial charge in [0.1, 0.15) is 5.52 Å². The SMILES string of the molecule is c1ccc2oc(N3CCCC(N4CCOCC4)C3)nc2c1. The maximum absolute atomic E-state index is 5.91. The Hall–Kier alpha value is -1.59. The molecule has 5 nitrogen and oxygen atoms in total. The quantitative estimate of drug-likeness (QED) is 0.846. The highest BCUT2D eigenvalue weighted by molar-refractivity contribution is 5.74. The molecular weight excluding hydrogens is 266 g/mol. The number of fused-ring (bicyclic) bond motifs is 1. The van der Waals surface area contributed by atoms with Crippen molar-refractivity contribution in [3.63, 3.8) is 0 Å². The predicted octanol–water partition coefficient (Wildman–Crippen LogP) is 2.13. The van der Waals surface area contributed by atoms with E-state index in [1.54, 1.807) is 0 Å². The largest absolute Gasteiger partial charge is 0.423 e. The summed E-state index contributed by atoms with van der Waals surface area (Å²) in [5, 5.41) is 0. The number of morpholine rings is 1. The zero-order valence-electron chi connectivity index (χ0n) is 12.2. The van der Waals surface area contributed by atoms with Crippen molar-refractivity contribution >= 4 is 17.1 Å². The Kier molecular flexibility index (Phi) is 3.53. The van der Waals surface area contributed by atoms with Crippen LogP contribution >= 0.6 is 0 Å². The van der Waals surface area contributed by atoms with Crippen molar-refractivity contribution in [2.75, 3.05) is 44.3 Å². The number of aromatic nitrogens is 1. The number of para-hydroxylation sites is 2. The molecule has 5 heteroatoms. The molecule has 0 spiro atoms. The van der Waals surface area contributed by atoms with Crippen molar-refractivity contribution in [3.8, 4) is 0 Å². The standard InChI is InChI=1S/C16H21N3O2/c1-2-6-15-14(5-1)17-16(21-15)19-7-3-4-13(12-19)18-8-10-20-11-9-18/h1-2,5-6,13H,3-4,7-12H2. The average molecular weight is 287 g/mol. The third-order valence-electron chi connectivity index (χ3n) is 4.51. The molecule has 1 atom stereocenters. The van der Waals surface area contributed by atoms with Crippen molar-refractivity contribution < 1.29 is 9.15 Å². The molecule has 0 radical (unpaired) electrons. The van der Waals surface area contributed by atoms with E-state index >= 15 is 0 Å². The van der Waals surface area contributed by atoms with E-state index < -0.39 is 0 Å². The van der Waals surface area contributed by atoms with Crippen LogP contribution in [0.5, 0.6) is 0 Å². The normalized spacial score (nSPS) is 24.6. The maximum Gasteiger partial charge on any atom is 0.298 e. The molecule has 0 bridgehead atoms. The highest BCUT2D eigenvalue weighted by Crippen LogP contribution is 2.26. The summed E-state index contributed by atoms with van der Waals surface area (Å²) < 4.78 is 11.4. The molecule has 2 saturated heterocycles. The van der Waals surface area contributed by atoms with Crippen LogP contribution in [0.1, 0.15) is 12.8 Å². The molecule has 2 aromatic rings. The fourth-order valence-electron chi connectivity index (χ4n) is 3.36. The summed E-state index contributed by atoms with van der Waals surface area (Å²) >= 11 is 0. The number of oxazole rings is 1. The number of anilines is 1. The number of hydrogen-bond donors (Lipinski definition) is 0. The Bertz CT molecular complexity index is 573. The molecule has 21 heavy (non-hydrogen) atoms. The van der Waals surface area contributed by atoms with Gasteiger partial charge in [-0.05, 0) is 25.0 Å². The highest BCUT2D eigenvalue weighted by Gasteiger charge is 2.28. The number of piperidine rings is 1. The summed E-state index contributed by atoms with van der Waals surface area (Å²) in [6.07, 6.45) is 2.46. The second-order valence-electron chi connectivity index (χ2n) is 5.85. The molecule has 4 rings (SSSR count). The first-order valence-corrected chi connectivity index (χ1v) is 7.82. The lowest BCUT2D eigenvalue weighted by molar-refractivity contribution is 0.0135. The van der Waals surface area contributed by atoms with Crippen LogP contribution in [0.3, 0.4) is 0 Å². The molecule has 0 aliphatic carbocycles. The lowest BCUT2D eigenvalue weighted by atomic mass is 10.0. The maximum atomic E-state index is 5.91. The molecule has 2 aliphatic heterocycles. The molecule has 2 fully saturated rings. The zero-order chi connectivity index (χ0) is 14.1. The second-order valence-corrected chi connectivity index (χ2v) is 5.85. The van der Waals surface area contributed by atoms with Crippen molar-refractivity contribution in [1.29, 1.82) is 0 Å². The Morgan fingerprint density at radius 1 is 1.10 bits per heavy atom. The van der Waals surface area contributed by atoms with E-state index in [1.165, 1.54) is 12.8 Å². The van der Waals surface area contributed by atoms with Gasteiger partial charge in [-0.1, -0.05) is 12.1 Å². The summed E-state index contributed by atoms with van der Waals surface area (Å²) in [6, 6.07) is 9.35. The summed E-state index contributed by atoms with van der Waals surface area (Å²) in [5.41, 5.74) is 1.82. The Morgan fingerprint density at radius 2 is 1.95 bits per heavy atom. The zero-order valence-corrected chi connectivity index (χ0v) is 12.2. The number of nitrogens with zero attached hydrogens (tertiary/aromatic N) is 3. The van der Waals surface area contributed by atoms with Crippen molar-refractivity contribution in [2.45, 2.75) is 18.9 Å². The van der Waals surface area contributed by atoms with Crippen molar-refractivity contribution in [1.82, 2.24) is 9.88 Å². The van der Waals surface area contributed by atoms with Crippen LogP contribution < -0.4 is 4.90 Å². The summed E-state index contributed by atoms with van der Waals surface area (Å²) in [6.45, 7) is 5.86. The molecule has 0 N–H and O–H groups in total. The van der Waals surface area contributed by atoms with Gasteiger partial charge in [0.25, 0.3) is 6.01 Å². The molecule has 1 aromatic heterocycles. The monoisotopic (exact) mass is 287 g/mol. The van der Waals surface area contributed by atoms with E-state index in [4.69, 9.17) is 9.15 Å². The van der Waals surface area contributed by atoms with Gasteiger partial charge in [0, 0.05) is 32.2 Å². The lowest BCUT2D eigenvalue weighted by Crippen LogP contribution is -2.51. The topological polar surface area (TPSA) is 41.7 Å². The molecule has 112 valence electrons. The van der Waals surface area contributed by atoms with Gasteiger partial charge in [0.2, 0.25) is 0 Å². The number of rotatable bonds is 2. The summed E-state index contributed by atoms with van der Waals surface area (Å²) in [4.78, 5) is 9.48. The fraction of sp³-hybridized carbons (Fsp3) is 0.562. The minimum atomic E-state index is 0.595. The van der Waals surface area contributed by atoms with Gasteiger partial charge in [0.05, 0.1) is 13.2 Å². The second kappa shape index (κ2) is 5.66. The van der Waals surface area contributed by atoms with Gasteiger partial charge < -0.3 is 14.1 Å². The summed E-state index contributed by atoms with van der Waals surface area (Å²) in [5.74, 6) is 0. The van der Waals surface area contributed by atoms with Crippen LogP contribution in [0.15, 0.2) is 28.7 Å². The Morgan fingerprint density at radius 3 is 2.81 bits per heavy atom. The van der Waals surface area contributed by atoms with E-state index in [2.05, 4.69) is 14.8 Å². The van der Waals surface area contributed by atoms with E-state index in [-0.39, 0.29) is 0 Å². The van der Waals surface area contributed by atoms with Crippen LogP contribution in [0.4, 0.5) is 6.01 Å². The minimum absolute atomic E-state index is 0.595. The van der Waals surface area contributed by atoms with Crippen LogP contribution in [0.2, 0.25) is 0 Å². The molecule has 1 unspecified atom stereocenters. The van der Waals surface area contributed by atoms with E-state index in [1.807, 2.05) is 24.3 Å². The van der Waals surface area contributed by atoms with Crippen LogP contribution in [-0.2, 0) is 4.74 Å². The first-order chi connectivity index (χ1) is 10.4. The molecule has 0 saturated carbocycles. The Labute approximate surface area is 124 Å². The van der Waals surface area contributed by atoms with Crippen molar-refractivity contribution in [2.24, 2.45) is 0 Å². The van der Waals surface area contributed by atoms with E-state index in [0.717, 1.165) is 56.5 Å². The van der Waals surface area contributed by atoms with E-state index in [0.29, 0.717) is 6.04 Å².